The van der Waals surface area contributed by atoms with Gasteiger partial charge >= 0.3 is 0 Å². The van der Waals surface area contributed by atoms with Crippen molar-refractivity contribution < 1.29 is 47.4 Å². The number of halogens is 1. The zero-order valence-corrected chi connectivity index (χ0v) is 20.8. The normalized spacial score (nSPS) is 15.1. The van der Waals surface area contributed by atoms with E-state index in [0.717, 1.165) is 35.1 Å². The van der Waals surface area contributed by atoms with Gasteiger partial charge in [0, 0.05) is 17.5 Å². The molecule has 0 radical (unpaired) electrons. The van der Waals surface area contributed by atoms with E-state index in [1.807, 2.05) is 12.1 Å². The number of quaternary nitrogens is 1. The largest absolute Gasteiger partial charge is 1.00 e. The average Bonchev–Trinajstić information content (AvgIpc) is 2.93. The molecule has 0 heterocycles. The lowest BCUT2D eigenvalue weighted by atomic mass is 9.95. The quantitative estimate of drug-likeness (QED) is 0.418. The minimum absolute atomic E-state index is 0. The molecule has 0 bridgehead atoms. The second-order valence-electron chi connectivity index (χ2n) is 8.13. The summed E-state index contributed by atoms with van der Waals surface area (Å²) in [5.74, 6) is 2.11. The Morgan fingerprint density at radius 2 is 1.50 bits per heavy atom. The molecule has 0 saturated carbocycles. The number of hydrogen-bond donors (Lipinski definition) is 0. The van der Waals surface area contributed by atoms with Crippen LogP contribution in [-0.4, -0.2) is 54.1 Å². The molecule has 164 valence electrons. The maximum Gasteiger partial charge on any atom is 0.220 e. The highest BCUT2D eigenvalue weighted by Crippen LogP contribution is 2.51. The number of hydrogen-bond acceptors (Lipinski definition) is 5. The van der Waals surface area contributed by atoms with Crippen molar-refractivity contribution in [1.82, 2.24) is 0 Å². The van der Waals surface area contributed by atoms with Crippen LogP contribution in [0.15, 0.2) is 29.1 Å². The van der Waals surface area contributed by atoms with E-state index in [1.54, 1.807) is 33.5 Å². The van der Waals surface area contributed by atoms with Crippen molar-refractivity contribution in [3.63, 3.8) is 0 Å². The van der Waals surface area contributed by atoms with E-state index in [0.29, 0.717) is 27.5 Å². The van der Waals surface area contributed by atoms with Gasteiger partial charge in [-0.15, -0.1) is 0 Å². The van der Waals surface area contributed by atoms with Crippen LogP contribution in [0, 0.1) is 0 Å². The van der Waals surface area contributed by atoms with E-state index >= 15 is 0 Å². The van der Waals surface area contributed by atoms with E-state index in [9.17, 15) is 4.79 Å². The monoisotopic (exact) mass is 527 g/mol. The van der Waals surface area contributed by atoms with Crippen LogP contribution in [0.25, 0.3) is 11.1 Å². The van der Waals surface area contributed by atoms with Gasteiger partial charge in [-0.1, -0.05) is 0 Å². The van der Waals surface area contributed by atoms with E-state index in [4.69, 9.17) is 18.9 Å². The molecule has 1 aliphatic rings. The Labute approximate surface area is 195 Å². The smallest absolute Gasteiger partial charge is 0.220 e. The summed E-state index contributed by atoms with van der Waals surface area (Å²) in [5.41, 5.74) is 3.85. The highest BCUT2D eigenvalue weighted by Gasteiger charge is 2.34. The second kappa shape index (κ2) is 9.43. The molecule has 6 nitrogen and oxygen atoms in total. The van der Waals surface area contributed by atoms with Crippen molar-refractivity contribution >= 4 is 0 Å². The second-order valence-corrected chi connectivity index (χ2v) is 8.13. The highest BCUT2D eigenvalue weighted by molar-refractivity contribution is 5.82. The average molecular weight is 527 g/mol. The van der Waals surface area contributed by atoms with Gasteiger partial charge in [0.1, 0.15) is 6.04 Å². The Bertz CT molecular complexity index is 985. The number of aryl methyl sites for hydroxylation is 1. The first kappa shape index (κ1) is 24.3. The van der Waals surface area contributed by atoms with Crippen LogP contribution in [0.4, 0.5) is 0 Å². The fourth-order valence-electron chi connectivity index (χ4n) is 4.25. The highest BCUT2D eigenvalue weighted by atomic mass is 127. The van der Waals surface area contributed by atoms with Gasteiger partial charge in [0.05, 0.1) is 49.6 Å². The fourth-order valence-corrected chi connectivity index (χ4v) is 4.25. The minimum Gasteiger partial charge on any atom is -1.00 e. The Balaban J connectivity index is 0.00000320. The topological polar surface area (TPSA) is 54.0 Å². The molecule has 0 saturated heterocycles. The molecule has 0 fully saturated rings. The van der Waals surface area contributed by atoms with Crippen LogP contribution in [0.3, 0.4) is 0 Å². The number of benzene rings is 1. The molecule has 0 amide bonds. The van der Waals surface area contributed by atoms with Gasteiger partial charge in [-0.05, 0) is 41.8 Å². The molecule has 0 spiro atoms. The first-order chi connectivity index (χ1) is 13.8. The number of fused-ring (bicyclic) bond motifs is 3. The molecule has 2 aromatic carbocycles. The van der Waals surface area contributed by atoms with E-state index in [2.05, 4.69) is 21.1 Å². The lowest BCUT2D eigenvalue weighted by molar-refractivity contribution is -0.902. The van der Waals surface area contributed by atoms with Gasteiger partial charge in [0.15, 0.2) is 17.2 Å². The summed E-state index contributed by atoms with van der Waals surface area (Å²) >= 11 is 0. The molecule has 1 unspecified atom stereocenters. The van der Waals surface area contributed by atoms with Crippen molar-refractivity contribution in [1.29, 1.82) is 0 Å². The Morgan fingerprint density at radius 1 is 0.867 bits per heavy atom. The van der Waals surface area contributed by atoms with Gasteiger partial charge in [-0.25, -0.2) is 0 Å². The summed E-state index contributed by atoms with van der Waals surface area (Å²) in [6.07, 6.45) is 1.71. The van der Waals surface area contributed by atoms with Crippen LogP contribution >= 0.6 is 0 Å². The summed E-state index contributed by atoms with van der Waals surface area (Å²) < 4.78 is 23.0. The first-order valence-electron chi connectivity index (χ1n) is 9.62. The standard InChI is InChI=1S/C23H30NO5.HI/c1-24(2,3)17-10-8-14-12-20(27-5)22(28-6)23(29-7)21(14)15-9-11-19(26-4)18(25)13-16(15)17;/h9,11-13,17H,8,10H2,1-7H3;1H/q+1;/p-1. The number of nitrogens with zero attached hydrogens (tertiary/aromatic N) is 1. The van der Waals surface area contributed by atoms with Crippen LogP contribution in [0.5, 0.6) is 23.0 Å². The Kier molecular flexibility index (Phi) is 7.63. The Morgan fingerprint density at radius 3 is 2.03 bits per heavy atom. The predicted molar refractivity (Wildman–Crippen MR) is 113 cm³/mol. The third kappa shape index (κ3) is 4.23. The van der Waals surface area contributed by atoms with E-state index in [-0.39, 0.29) is 35.4 Å². The molecule has 2 aromatic rings. The molecule has 7 heteroatoms. The van der Waals surface area contributed by atoms with Gasteiger partial charge < -0.3 is 47.4 Å². The maximum atomic E-state index is 12.8. The van der Waals surface area contributed by atoms with Gasteiger partial charge in [0.25, 0.3) is 0 Å². The number of ether oxygens (including phenoxy) is 4. The predicted octanol–water partition coefficient (Wildman–Crippen LogP) is 0.446. The fraction of sp³-hybridized carbons (Fsp3) is 0.435. The Hall–Kier alpha value is -2.00. The summed E-state index contributed by atoms with van der Waals surface area (Å²) in [7, 11) is 12.8. The van der Waals surface area contributed by atoms with Crippen molar-refractivity contribution in [3.05, 3.63) is 45.6 Å². The van der Waals surface area contributed by atoms with Crippen molar-refractivity contribution in [2.24, 2.45) is 0 Å². The van der Waals surface area contributed by atoms with Gasteiger partial charge in [0.2, 0.25) is 11.2 Å². The summed E-state index contributed by atoms with van der Waals surface area (Å²) in [4.78, 5) is 12.8. The maximum absolute atomic E-state index is 12.8. The molecule has 0 N–H and O–H groups in total. The lowest BCUT2D eigenvalue weighted by Crippen LogP contribution is -3.00. The first-order valence-corrected chi connectivity index (χ1v) is 9.62. The van der Waals surface area contributed by atoms with Crippen LogP contribution < -0.4 is 48.4 Å². The zero-order chi connectivity index (χ0) is 21.3. The van der Waals surface area contributed by atoms with Gasteiger partial charge in [-0.3, -0.25) is 4.79 Å². The van der Waals surface area contributed by atoms with Crippen molar-refractivity contribution in [2.45, 2.75) is 18.9 Å². The third-order valence-electron chi connectivity index (χ3n) is 5.62. The minimum atomic E-state index is -0.130. The third-order valence-corrected chi connectivity index (χ3v) is 5.62. The zero-order valence-electron chi connectivity index (χ0n) is 18.7. The number of methoxy groups -OCH3 is 4. The summed E-state index contributed by atoms with van der Waals surface area (Å²) in [5, 5.41) is 0. The van der Waals surface area contributed by atoms with E-state index < -0.39 is 0 Å². The van der Waals surface area contributed by atoms with Gasteiger partial charge in [-0.2, -0.15) is 0 Å². The SMILES string of the molecule is COc1cc2c(c(OC)c1OC)-c1ccc(OC)c(=O)cc1C([N+](C)(C)C)CC2.[I-]. The van der Waals surface area contributed by atoms with Crippen molar-refractivity contribution in [2.75, 3.05) is 49.6 Å². The van der Waals surface area contributed by atoms with E-state index in [1.165, 1.54) is 7.11 Å². The summed E-state index contributed by atoms with van der Waals surface area (Å²) in [6, 6.07) is 7.55. The van der Waals surface area contributed by atoms with Crippen molar-refractivity contribution in [3.8, 4) is 34.1 Å². The molecular formula is C23H30INO5. The molecule has 30 heavy (non-hydrogen) atoms. The molecular weight excluding hydrogens is 497 g/mol. The van der Waals surface area contributed by atoms with Crippen LogP contribution in [-0.2, 0) is 6.42 Å². The summed E-state index contributed by atoms with van der Waals surface area (Å²) in [6.45, 7) is 0. The lowest BCUT2D eigenvalue weighted by Gasteiger charge is -2.34. The molecule has 0 aromatic heterocycles. The molecule has 3 rings (SSSR count). The van der Waals surface area contributed by atoms with Crippen LogP contribution in [0.1, 0.15) is 23.6 Å². The molecule has 1 atom stereocenters. The molecule has 1 aliphatic carbocycles. The number of rotatable bonds is 5. The molecule has 0 aliphatic heterocycles. The van der Waals surface area contributed by atoms with Crippen LogP contribution in [0.2, 0.25) is 0 Å².